The number of nitrogens with zero attached hydrogens (tertiary/aromatic N) is 5. The number of carbonyl (C=O) groups excluding carboxylic acids is 3. The van der Waals surface area contributed by atoms with Crippen molar-refractivity contribution < 1.29 is 14.4 Å². The maximum Gasteiger partial charge on any atom is 0.325 e. The van der Waals surface area contributed by atoms with E-state index in [-0.39, 0.29) is 11.8 Å². The summed E-state index contributed by atoms with van der Waals surface area (Å²) in [4.78, 5) is 49.2. The van der Waals surface area contributed by atoms with E-state index in [0.29, 0.717) is 45.1 Å². The van der Waals surface area contributed by atoms with Gasteiger partial charge in [-0.3, -0.25) is 14.9 Å². The molecule has 1 aromatic rings. The lowest BCUT2D eigenvalue weighted by Gasteiger charge is -2.40. The molecule has 0 aromatic heterocycles. The van der Waals surface area contributed by atoms with Gasteiger partial charge in [0.2, 0.25) is 5.91 Å². The first kappa shape index (κ1) is 20.2. The highest BCUT2D eigenvalue weighted by Gasteiger charge is 2.49. The van der Waals surface area contributed by atoms with Gasteiger partial charge in [-0.05, 0) is 12.5 Å². The van der Waals surface area contributed by atoms with E-state index >= 15 is 0 Å². The third-order valence-electron chi connectivity index (χ3n) is 5.99. The molecule has 4 amide bonds. The minimum absolute atomic E-state index is 0.151. The Bertz CT molecular complexity index is 892. The summed E-state index contributed by atoms with van der Waals surface area (Å²) in [6.07, 6.45) is -0.0566. The second-order valence-corrected chi connectivity index (χ2v) is 8.03. The van der Waals surface area contributed by atoms with Gasteiger partial charge in [0, 0.05) is 46.2 Å². The summed E-state index contributed by atoms with van der Waals surface area (Å²) in [6.45, 7) is 6.97. The molecule has 30 heavy (non-hydrogen) atoms. The van der Waals surface area contributed by atoms with E-state index < -0.39 is 18.2 Å². The van der Waals surface area contributed by atoms with Gasteiger partial charge in [-0.2, -0.15) is 0 Å². The van der Waals surface area contributed by atoms with E-state index in [1.165, 1.54) is 4.90 Å². The van der Waals surface area contributed by atoms with Crippen LogP contribution in [0.4, 0.5) is 4.79 Å². The van der Waals surface area contributed by atoms with Gasteiger partial charge < -0.3 is 19.6 Å². The number of imide groups is 1. The van der Waals surface area contributed by atoms with Crippen LogP contribution < -0.4 is 5.32 Å². The molecule has 0 aliphatic carbocycles. The van der Waals surface area contributed by atoms with Crippen LogP contribution in [0.5, 0.6) is 0 Å². The highest BCUT2D eigenvalue weighted by Crippen LogP contribution is 2.28. The van der Waals surface area contributed by atoms with Crippen LogP contribution in [0.15, 0.2) is 29.3 Å². The van der Waals surface area contributed by atoms with Gasteiger partial charge in [-0.25, -0.2) is 9.79 Å². The molecule has 3 aliphatic heterocycles. The molecule has 9 nitrogen and oxygen atoms in total. The molecule has 2 saturated heterocycles. The normalized spacial score (nSPS) is 24.0. The zero-order chi connectivity index (χ0) is 21.4. The van der Waals surface area contributed by atoms with Crippen molar-refractivity contribution in [2.24, 2.45) is 4.99 Å². The number of benzene rings is 1. The molecule has 160 valence electrons. The number of piperazine rings is 1. The molecule has 2 fully saturated rings. The minimum atomic E-state index is -0.571. The second kappa shape index (κ2) is 7.97. The molecule has 0 radical (unpaired) electrons. The summed E-state index contributed by atoms with van der Waals surface area (Å²) < 4.78 is 0. The Morgan fingerprint density at radius 3 is 2.60 bits per heavy atom. The van der Waals surface area contributed by atoms with Crippen molar-refractivity contribution in [1.82, 2.24) is 24.9 Å². The number of fused-ring (bicyclic) bond motifs is 1. The standard InChI is InChI=1S/C21H28N6O3/c1-4-16(28)25-8-10-26(11-9-25)20-22-18-17(19(29)23-21(30)24(18)3)27(20)13-15-7-5-6-14(2)12-15/h5-7,12,17-18H,4,8-11,13H2,1-3H3,(H,23,29,30). The highest BCUT2D eigenvalue weighted by molar-refractivity contribution is 6.03. The molecule has 0 bridgehead atoms. The number of nitrogens with one attached hydrogen (secondary N) is 1. The number of hydrogen-bond donors (Lipinski definition) is 1. The number of amides is 4. The molecule has 1 N–H and O–H groups in total. The van der Waals surface area contributed by atoms with Crippen molar-refractivity contribution >= 4 is 23.8 Å². The Labute approximate surface area is 176 Å². The Morgan fingerprint density at radius 2 is 1.93 bits per heavy atom. The van der Waals surface area contributed by atoms with Crippen molar-refractivity contribution in [3.05, 3.63) is 35.4 Å². The van der Waals surface area contributed by atoms with E-state index in [0.717, 1.165) is 11.1 Å². The predicted octanol–water partition coefficient (Wildman–Crippen LogP) is 0.597. The average molecular weight is 412 g/mol. The molecule has 0 saturated carbocycles. The summed E-state index contributed by atoms with van der Waals surface area (Å²) >= 11 is 0. The van der Waals surface area contributed by atoms with Crippen LogP contribution in [-0.4, -0.2) is 88.8 Å². The Kier molecular flexibility index (Phi) is 5.36. The number of likely N-dealkylation sites (N-methyl/N-ethyl adjacent to an activating group) is 1. The lowest BCUT2D eigenvalue weighted by molar-refractivity contribution is -0.132. The molecular weight excluding hydrogens is 384 g/mol. The molecule has 3 aliphatic rings. The van der Waals surface area contributed by atoms with E-state index in [9.17, 15) is 14.4 Å². The first-order valence-electron chi connectivity index (χ1n) is 10.4. The van der Waals surface area contributed by atoms with Crippen LogP contribution in [0.3, 0.4) is 0 Å². The fraction of sp³-hybridized carbons (Fsp3) is 0.524. The van der Waals surface area contributed by atoms with E-state index in [4.69, 9.17) is 4.99 Å². The van der Waals surface area contributed by atoms with Gasteiger partial charge in [0.1, 0.15) is 0 Å². The van der Waals surface area contributed by atoms with Crippen LogP contribution in [0.25, 0.3) is 0 Å². The SMILES string of the molecule is CCC(=O)N1CCN(C2=NC3C(C(=O)NC(=O)N3C)N2Cc2cccc(C)c2)CC1. The lowest BCUT2D eigenvalue weighted by atomic mass is 10.1. The van der Waals surface area contributed by atoms with Crippen LogP contribution in [0, 0.1) is 6.92 Å². The van der Waals surface area contributed by atoms with Crippen molar-refractivity contribution in [2.45, 2.75) is 39.0 Å². The zero-order valence-electron chi connectivity index (χ0n) is 17.7. The third-order valence-corrected chi connectivity index (χ3v) is 5.99. The minimum Gasteiger partial charge on any atom is -0.339 e. The maximum absolute atomic E-state index is 12.8. The van der Waals surface area contributed by atoms with Crippen LogP contribution in [-0.2, 0) is 16.1 Å². The number of carbonyl (C=O) groups is 3. The van der Waals surface area contributed by atoms with Crippen molar-refractivity contribution in [2.75, 3.05) is 33.2 Å². The summed E-state index contributed by atoms with van der Waals surface area (Å²) in [5.41, 5.74) is 2.23. The monoisotopic (exact) mass is 412 g/mol. The maximum atomic E-state index is 12.8. The number of rotatable bonds is 3. The lowest BCUT2D eigenvalue weighted by Crippen LogP contribution is -2.64. The number of aryl methyl sites for hydroxylation is 1. The first-order chi connectivity index (χ1) is 14.4. The Hall–Kier alpha value is -3.10. The molecule has 9 heteroatoms. The first-order valence-corrected chi connectivity index (χ1v) is 10.4. The van der Waals surface area contributed by atoms with Gasteiger partial charge in [0.05, 0.1) is 0 Å². The third kappa shape index (κ3) is 3.59. The Morgan fingerprint density at radius 1 is 1.20 bits per heavy atom. The van der Waals surface area contributed by atoms with Gasteiger partial charge in [-0.1, -0.05) is 36.8 Å². The molecule has 1 aromatic carbocycles. The summed E-state index contributed by atoms with van der Waals surface area (Å²) in [5, 5.41) is 2.44. The zero-order valence-corrected chi connectivity index (χ0v) is 17.7. The topological polar surface area (TPSA) is 88.6 Å². The fourth-order valence-corrected chi connectivity index (χ4v) is 4.33. The van der Waals surface area contributed by atoms with E-state index in [1.54, 1.807) is 7.05 Å². The van der Waals surface area contributed by atoms with Crippen LogP contribution in [0.1, 0.15) is 24.5 Å². The van der Waals surface area contributed by atoms with Crippen LogP contribution >= 0.6 is 0 Å². The number of aliphatic imine (C=N–C) groups is 1. The van der Waals surface area contributed by atoms with Gasteiger partial charge in [0.15, 0.2) is 18.2 Å². The predicted molar refractivity (Wildman–Crippen MR) is 111 cm³/mol. The number of hydrogen-bond acceptors (Lipinski definition) is 6. The quantitative estimate of drug-likeness (QED) is 0.785. The van der Waals surface area contributed by atoms with Crippen LogP contribution in [0.2, 0.25) is 0 Å². The smallest absolute Gasteiger partial charge is 0.325 e. The number of urea groups is 1. The highest BCUT2D eigenvalue weighted by atomic mass is 16.2. The summed E-state index contributed by atoms with van der Waals surface area (Å²) in [5.74, 6) is 0.541. The summed E-state index contributed by atoms with van der Waals surface area (Å²) in [6, 6.07) is 7.16. The fourth-order valence-electron chi connectivity index (χ4n) is 4.33. The Balaban J connectivity index is 1.61. The molecule has 2 unspecified atom stereocenters. The average Bonchev–Trinajstić information content (AvgIpc) is 3.11. The van der Waals surface area contributed by atoms with Crippen molar-refractivity contribution in [1.29, 1.82) is 0 Å². The largest absolute Gasteiger partial charge is 0.339 e. The van der Waals surface area contributed by atoms with E-state index in [1.807, 2.05) is 41.8 Å². The van der Waals surface area contributed by atoms with Gasteiger partial charge in [-0.15, -0.1) is 0 Å². The molecule has 0 spiro atoms. The molecule has 4 rings (SSSR count). The van der Waals surface area contributed by atoms with Crippen molar-refractivity contribution in [3.63, 3.8) is 0 Å². The molecule has 3 heterocycles. The molecule has 2 atom stereocenters. The molecular formula is C21H28N6O3. The number of guanidine groups is 1. The second-order valence-electron chi connectivity index (χ2n) is 8.03. The van der Waals surface area contributed by atoms with Crippen molar-refractivity contribution in [3.8, 4) is 0 Å². The van der Waals surface area contributed by atoms with Gasteiger partial charge >= 0.3 is 6.03 Å². The summed E-state index contributed by atoms with van der Waals surface area (Å²) in [7, 11) is 1.66. The van der Waals surface area contributed by atoms with E-state index in [2.05, 4.69) is 16.3 Å². The van der Waals surface area contributed by atoms with Gasteiger partial charge in [0.25, 0.3) is 5.91 Å².